The number of thioether (sulfide) groups is 1. The van der Waals surface area contributed by atoms with Crippen LogP contribution in [0.4, 0.5) is 4.39 Å². The highest BCUT2D eigenvalue weighted by Crippen LogP contribution is 2.66. The van der Waals surface area contributed by atoms with Gasteiger partial charge in [0.1, 0.15) is 18.4 Å². The first-order chi connectivity index (χ1) is 16.8. The number of carbonyl (C=O) groups excluding carboxylic acids is 1. The molecule has 3 fully saturated rings. The number of amides is 1. The van der Waals surface area contributed by atoms with Crippen LogP contribution in [0.5, 0.6) is 5.75 Å². The minimum atomic E-state index is -1.21. The van der Waals surface area contributed by atoms with E-state index >= 15 is 0 Å². The number of rotatable bonds is 2. The van der Waals surface area contributed by atoms with Gasteiger partial charge in [-0.1, -0.05) is 41.9 Å². The van der Waals surface area contributed by atoms with Gasteiger partial charge in [-0.2, -0.15) is 0 Å². The lowest BCUT2D eigenvalue weighted by atomic mass is 9.46. The topological polar surface area (TPSA) is 65.8 Å². The van der Waals surface area contributed by atoms with Crippen LogP contribution >= 0.6 is 23.4 Å². The van der Waals surface area contributed by atoms with Crippen molar-refractivity contribution in [2.45, 2.75) is 47.2 Å². The number of alkyl halides is 1. The fourth-order valence-electron chi connectivity index (χ4n) is 6.28. The zero-order valence-corrected chi connectivity index (χ0v) is 20.2. The maximum absolute atomic E-state index is 14.5. The van der Waals surface area contributed by atoms with E-state index in [1.807, 2.05) is 35.3 Å². The molecular formula is C26H21ClFN3O3S. The molecule has 9 heteroatoms. The van der Waals surface area contributed by atoms with Crippen LogP contribution in [0.15, 0.2) is 64.4 Å². The third-order valence-electron chi connectivity index (χ3n) is 7.89. The molecule has 0 radical (unpaired) electrons. The van der Waals surface area contributed by atoms with Crippen LogP contribution in [0.1, 0.15) is 52.5 Å². The van der Waals surface area contributed by atoms with Gasteiger partial charge in [-0.15, -0.1) is 11.8 Å². The molecule has 2 aliphatic heterocycles. The summed E-state index contributed by atoms with van der Waals surface area (Å²) in [5.74, 6) is -0.311. The van der Waals surface area contributed by atoms with Crippen molar-refractivity contribution in [1.29, 1.82) is 0 Å². The number of pyridine rings is 1. The summed E-state index contributed by atoms with van der Waals surface area (Å²) in [5.41, 5.74) is 0.503. The Kier molecular flexibility index (Phi) is 4.29. The first-order valence-electron chi connectivity index (χ1n) is 11.5. The predicted molar refractivity (Wildman–Crippen MR) is 131 cm³/mol. The molecule has 2 aromatic carbocycles. The maximum atomic E-state index is 14.5. The van der Waals surface area contributed by atoms with Gasteiger partial charge < -0.3 is 10.0 Å². The van der Waals surface area contributed by atoms with Crippen molar-refractivity contribution in [3.8, 4) is 5.75 Å². The average Bonchev–Trinajstić information content (AvgIpc) is 2.97. The molecule has 0 saturated heterocycles. The fourth-order valence-corrected chi connectivity index (χ4v) is 7.66. The van der Waals surface area contributed by atoms with Crippen molar-refractivity contribution in [3.05, 3.63) is 92.4 Å². The highest BCUT2D eigenvalue weighted by atomic mass is 35.5. The lowest BCUT2D eigenvalue weighted by molar-refractivity contribution is -0.214. The van der Waals surface area contributed by atoms with Gasteiger partial charge in [0.2, 0.25) is 5.43 Å². The molecule has 5 aliphatic rings. The molecule has 1 N–H and O–H groups in total. The Labute approximate surface area is 209 Å². The summed E-state index contributed by atoms with van der Waals surface area (Å²) in [4.78, 5) is 28.8. The molecular weight excluding hydrogens is 489 g/mol. The Balaban J connectivity index is 1.47. The lowest BCUT2D eigenvalue weighted by Crippen LogP contribution is -2.79. The summed E-state index contributed by atoms with van der Waals surface area (Å²) in [6.07, 6.45) is 2.38. The quantitative estimate of drug-likeness (QED) is 0.547. The number of aromatic hydroxyl groups is 1. The SMILES string of the molecule is O=C1c2c(O)c(=O)ccn2N([C@@H]2c3ccccc3SCc3cccc(Cl)c32)CN1C12CC(F)(C1)C2. The molecule has 0 unspecified atom stereocenters. The first kappa shape index (κ1) is 21.3. The van der Waals surface area contributed by atoms with Gasteiger partial charge in [-0.05, 0) is 23.3 Å². The monoisotopic (exact) mass is 509 g/mol. The molecule has 1 amide bonds. The van der Waals surface area contributed by atoms with Crippen LogP contribution < -0.4 is 10.4 Å². The highest BCUT2D eigenvalue weighted by Gasteiger charge is 2.73. The van der Waals surface area contributed by atoms with E-state index in [1.54, 1.807) is 21.3 Å². The van der Waals surface area contributed by atoms with Crippen LogP contribution in [-0.4, -0.2) is 38.5 Å². The number of hydrogen-bond donors (Lipinski definition) is 1. The Bertz CT molecular complexity index is 1470. The number of fused-ring (bicyclic) bond motifs is 3. The van der Waals surface area contributed by atoms with Crippen LogP contribution in [0, 0.1) is 0 Å². The van der Waals surface area contributed by atoms with Gasteiger partial charge in [0.25, 0.3) is 5.91 Å². The van der Waals surface area contributed by atoms with E-state index < -0.39 is 34.3 Å². The zero-order valence-electron chi connectivity index (χ0n) is 18.6. The Morgan fingerprint density at radius 2 is 1.83 bits per heavy atom. The fraction of sp³-hybridized carbons (Fsp3) is 0.308. The van der Waals surface area contributed by atoms with E-state index in [4.69, 9.17) is 11.6 Å². The minimum absolute atomic E-state index is 0.0932. The van der Waals surface area contributed by atoms with Gasteiger partial charge in [0.05, 0.1) is 5.54 Å². The molecule has 1 atom stereocenters. The van der Waals surface area contributed by atoms with E-state index in [-0.39, 0.29) is 31.6 Å². The molecule has 178 valence electrons. The van der Waals surface area contributed by atoms with Crippen LogP contribution in [0.25, 0.3) is 0 Å². The average molecular weight is 510 g/mol. The maximum Gasteiger partial charge on any atom is 0.278 e. The summed E-state index contributed by atoms with van der Waals surface area (Å²) in [6.45, 7) is 0.179. The van der Waals surface area contributed by atoms with E-state index in [2.05, 4.69) is 12.1 Å². The number of carbonyl (C=O) groups is 1. The third-order valence-corrected chi connectivity index (χ3v) is 9.35. The van der Waals surface area contributed by atoms with Crippen molar-refractivity contribution < 1.29 is 14.3 Å². The summed E-state index contributed by atoms with van der Waals surface area (Å²) < 4.78 is 16.1. The Hall–Kier alpha value is -2.97. The standard InChI is InChI=1S/C26H21ClFN3O3S/c27-17-6-3-4-15-10-35-19-7-2-1-5-16(19)21(20(15)17)31-14-29(26-11-25(28,12-26)13-26)24(34)22-23(33)18(32)8-9-30(22)31/h1-9,21,33H,10-14H2/t21-,25?,26?/m1/s1. The van der Waals surface area contributed by atoms with Crippen LogP contribution in [-0.2, 0) is 5.75 Å². The van der Waals surface area contributed by atoms with E-state index in [1.165, 1.54) is 12.3 Å². The van der Waals surface area contributed by atoms with Gasteiger partial charge in [0.15, 0.2) is 11.4 Å². The lowest BCUT2D eigenvalue weighted by Gasteiger charge is -2.70. The third kappa shape index (κ3) is 2.84. The molecule has 3 saturated carbocycles. The molecule has 3 aliphatic carbocycles. The van der Waals surface area contributed by atoms with Gasteiger partial charge in [-0.25, -0.2) is 4.39 Å². The number of nitrogens with zero attached hydrogens (tertiary/aromatic N) is 3. The molecule has 3 heterocycles. The van der Waals surface area contributed by atoms with E-state index in [0.717, 1.165) is 27.3 Å². The molecule has 35 heavy (non-hydrogen) atoms. The molecule has 2 bridgehead atoms. The molecule has 3 aromatic rings. The highest BCUT2D eigenvalue weighted by molar-refractivity contribution is 7.98. The Morgan fingerprint density at radius 1 is 1.06 bits per heavy atom. The normalized spacial score (nSPS) is 28.3. The summed E-state index contributed by atoms with van der Waals surface area (Å²) in [5, 5.41) is 13.3. The second-order valence-electron chi connectivity index (χ2n) is 9.98. The smallest absolute Gasteiger partial charge is 0.278 e. The van der Waals surface area contributed by atoms with Crippen molar-refractivity contribution in [3.63, 3.8) is 0 Å². The van der Waals surface area contributed by atoms with E-state index in [0.29, 0.717) is 5.02 Å². The predicted octanol–water partition coefficient (Wildman–Crippen LogP) is 4.60. The molecule has 8 rings (SSSR count). The van der Waals surface area contributed by atoms with Gasteiger partial charge in [0, 0.05) is 52.8 Å². The number of aromatic nitrogens is 1. The van der Waals surface area contributed by atoms with Crippen molar-refractivity contribution in [1.82, 2.24) is 9.58 Å². The van der Waals surface area contributed by atoms with Crippen molar-refractivity contribution in [2.75, 3.05) is 11.7 Å². The first-order valence-corrected chi connectivity index (χ1v) is 12.9. The van der Waals surface area contributed by atoms with Crippen molar-refractivity contribution in [2.24, 2.45) is 0 Å². The second kappa shape index (κ2) is 7.04. The van der Waals surface area contributed by atoms with Gasteiger partial charge in [-0.3, -0.25) is 19.3 Å². The zero-order chi connectivity index (χ0) is 24.1. The van der Waals surface area contributed by atoms with Crippen LogP contribution in [0.3, 0.4) is 0 Å². The molecule has 0 spiro atoms. The molecule has 6 nitrogen and oxygen atoms in total. The Morgan fingerprint density at radius 3 is 2.60 bits per heavy atom. The van der Waals surface area contributed by atoms with Crippen LogP contribution in [0.2, 0.25) is 5.02 Å². The number of benzene rings is 2. The molecule has 1 aromatic heterocycles. The summed E-state index contributed by atoms with van der Waals surface area (Å²) in [6, 6.07) is 14.8. The van der Waals surface area contributed by atoms with E-state index in [9.17, 15) is 19.1 Å². The second-order valence-corrected chi connectivity index (χ2v) is 11.4. The summed E-state index contributed by atoms with van der Waals surface area (Å²) >= 11 is 8.54. The minimum Gasteiger partial charge on any atom is -0.502 e. The summed E-state index contributed by atoms with van der Waals surface area (Å²) in [7, 11) is 0. The van der Waals surface area contributed by atoms with Crippen molar-refractivity contribution >= 4 is 29.3 Å². The largest absolute Gasteiger partial charge is 0.502 e. The number of hydrogen-bond acceptors (Lipinski definition) is 5. The van der Waals surface area contributed by atoms with Gasteiger partial charge >= 0.3 is 0 Å². The number of halogens is 2.